The number of hydrogen-bond acceptors (Lipinski definition) is 3. The van der Waals surface area contributed by atoms with Crippen LogP contribution in [0.5, 0.6) is 0 Å². The highest BCUT2D eigenvalue weighted by atomic mass is 16.6. The number of benzene rings is 1. The van der Waals surface area contributed by atoms with Gasteiger partial charge in [-0.2, -0.15) is 0 Å². The Kier molecular flexibility index (Phi) is 4.20. The van der Waals surface area contributed by atoms with Gasteiger partial charge >= 0.3 is 6.09 Å². The van der Waals surface area contributed by atoms with Crippen LogP contribution in [0, 0.1) is 0 Å². The van der Waals surface area contributed by atoms with Gasteiger partial charge in [-0.1, -0.05) is 37.3 Å². The molecule has 2 rings (SSSR count). The number of cyclic esters (lactones) is 1. The Morgan fingerprint density at radius 3 is 2.78 bits per heavy atom. The van der Waals surface area contributed by atoms with Crippen molar-refractivity contribution in [3.63, 3.8) is 0 Å². The lowest BCUT2D eigenvalue weighted by Gasteiger charge is -2.33. The SMILES string of the molecule is CC[C@H](O)[C@H]1CCN(Cc2ccccc2)C(=O)O1. The first-order valence-electron chi connectivity index (χ1n) is 6.38. The molecular weight excluding hydrogens is 230 g/mol. The van der Waals surface area contributed by atoms with Gasteiger partial charge in [-0.3, -0.25) is 0 Å². The number of aliphatic hydroxyl groups is 1. The molecule has 18 heavy (non-hydrogen) atoms. The highest BCUT2D eigenvalue weighted by Gasteiger charge is 2.30. The van der Waals surface area contributed by atoms with E-state index in [2.05, 4.69) is 0 Å². The van der Waals surface area contributed by atoms with E-state index in [0.29, 0.717) is 25.9 Å². The Morgan fingerprint density at radius 2 is 2.17 bits per heavy atom. The summed E-state index contributed by atoms with van der Waals surface area (Å²) in [5.41, 5.74) is 1.09. The number of rotatable bonds is 4. The molecule has 98 valence electrons. The summed E-state index contributed by atoms with van der Waals surface area (Å²) in [6.45, 7) is 3.08. The van der Waals surface area contributed by atoms with Crippen LogP contribution in [-0.2, 0) is 11.3 Å². The molecule has 1 aromatic carbocycles. The minimum absolute atomic E-state index is 0.331. The van der Waals surface area contributed by atoms with Gasteiger partial charge in [-0.15, -0.1) is 0 Å². The van der Waals surface area contributed by atoms with Gasteiger partial charge in [-0.05, 0) is 12.0 Å². The first kappa shape index (κ1) is 12.9. The van der Waals surface area contributed by atoms with Crippen LogP contribution in [0.3, 0.4) is 0 Å². The first-order valence-corrected chi connectivity index (χ1v) is 6.38. The third-order valence-electron chi connectivity index (χ3n) is 3.26. The zero-order chi connectivity index (χ0) is 13.0. The standard InChI is InChI=1S/C14H19NO3/c1-2-12(16)13-8-9-15(14(17)18-13)10-11-6-4-3-5-7-11/h3-7,12-13,16H,2,8-10H2,1H3/t12-,13+/m0/s1. The number of hydrogen-bond donors (Lipinski definition) is 1. The molecule has 4 nitrogen and oxygen atoms in total. The molecular formula is C14H19NO3. The van der Waals surface area contributed by atoms with Crippen LogP contribution in [0.2, 0.25) is 0 Å². The summed E-state index contributed by atoms with van der Waals surface area (Å²) in [5, 5.41) is 9.68. The zero-order valence-electron chi connectivity index (χ0n) is 10.6. The van der Waals surface area contributed by atoms with Crippen molar-refractivity contribution in [3.05, 3.63) is 35.9 Å². The summed E-state index contributed by atoms with van der Waals surface area (Å²) in [6, 6.07) is 9.83. The van der Waals surface area contributed by atoms with Crippen LogP contribution in [-0.4, -0.2) is 34.9 Å². The van der Waals surface area contributed by atoms with Gasteiger partial charge < -0.3 is 14.7 Å². The second kappa shape index (κ2) is 5.87. The van der Waals surface area contributed by atoms with Crippen molar-refractivity contribution in [2.45, 2.75) is 38.5 Å². The number of carbonyl (C=O) groups excluding carboxylic acids is 1. The van der Waals surface area contributed by atoms with E-state index in [9.17, 15) is 9.90 Å². The number of nitrogens with zero attached hydrogens (tertiary/aromatic N) is 1. The van der Waals surface area contributed by atoms with Crippen molar-refractivity contribution >= 4 is 6.09 Å². The van der Waals surface area contributed by atoms with E-state index in [1.165, 1.54) is 0 Å². The molecule has 1 aliphatic rings. The topological polar surface area (TPSA) is 49.8 Å². The molecule has 1 N–H and O–H groups in total. The lowest BCUT2D eigenvalue weighted by atomic mass is 10.1. The Morgan fingerprint density at radius 1 is 1.44 bits per heavy atom. The Hall–Kier alpha value is -1.55. The van der Waals surface area contributed by atoms with E-state index in [4.69, 9.17) is 4.74 Å². The van der Waals surface area contributed by atoms with Crippen LogP contribution in [0.15, 0.2) is 30.3 Å². The lowest BCUT2D eigenvalue weighted by molar-refractivity contribution is -0.0427. The second-order valence-electron chi connectivity index (χ2n) is 4.59. The van der Waals surface area contributed by atoms with Gasteiger partial charge in [0.05, 0.1) is 6.10 Å². The predicted octanol–water partition coefficient (Wildman–Crippen LogP) is 2.17. The molecule has 0 aromatic heterocycles. The maximum Gasteiger partial charge on any atom is 0.410 e. The van der Waals surface area contributed by atoms with Crippen LogP contribution >= 0.6 is 0 Å². The van der Waals surface area contributed by atoms with Crippen LogP contribution < -0.4 is 0 Å². The van der Waals surface area contributed by atoms with Crippen molar-refractivity contribution in [1.29, 1.82) is 0 Å². The van der Waals surface area contributed by atoms with E-state index in [1.807, 2.05) is 37.3 Å². The average molecular weight is 249 g/mol. The molecule has 1 heterocycles. The average Bonchev–Trinajstić information content (AvgIpc) is 2.41. The molecule has 1 saturated heterocycles. The fraction of sp³-hybridized carbons (Fsp3) is 0.500. The van der Waals surface area contributed by atoms with E-state index in [0.717, 1.165) is 5.56 Å². The third-order valence-corrected chi connectivity index (χ3v) is 3.26. The lowest BCUT2D eigenvalue weighted by Crippen LogP contribution is -2.45. The normalized spacial score (nSPS) is 21.6. The van der Waals surface area contributed by atoms with Gasteiger partial charge in [0, 0.05) is 19.5 Å². The molecule has 0 aliphatic carbocycles. The van der Waals surface area contributed by atoms with E-state index < -0.39 is 6.10 Å². The van der Waals surface area contributed by atoms with Gasteiger partial charge in [0.25, 0.3) is 0 Å². The van der Waals surface area contributed by atoms with Gasteiger partial charge in [0.15, 0.2) is 0 Å². The molecule has 0 radical (unpaired) electrons. The van der Waals surface area contributed by atoms with Gasteiger partial charge in [0.2, 0.25) is 0 Å². The van der Waals surface area contributed by atoms with E-state index >= 15 is 0 Å². The number of aliphatic hydroxyl groups excluding tert-OH is 1. The van der Waals surface area contributed by atoms with Crippen LogP contribution in [0.4, 0.5) is 4.79 Å². The monoisotopic (exact) mass is 249 g/mol. The summed E-state index contributed by atoms with van der Waals surface area (Å²) in [6.07, 6.45) is 0.0643. The molecule has 1 amide bonds. The first-order chi connectivity index (χ1) is 8.70. The molecule has 1 aliphatic heterocycles. The van der Waals surface area contributed by atoms with E-state index in [-0.39, 0.29) is 12.2 Å². The molecule has 1 aromatic rings. The quantitative estimate of drug-likeness (QED) is 0.889. The summed E-state index contributed by atoms with van der Waals surface area (Å²) in [5.74, 6) is 0. The minimum Gasteiger partial charge on any atom is -0.443 e. The Bertz CT molecular complexity index is 393. The summed E-state index contributed by atoms with van der Waals surface area (Å²) in [4.78, 5) is 13.5. The van der Waals surface area contributed by atoms with Crippen LogP contribution in [0.1, 0.15) is 25.3 Å². The predicted molar refractivity (Wildman–Crippen MR) is 68.0 cm³/mol. The van der Waals surface area contributed by atoms with Crippen LogP contribution in [0.25, 0.3) is 0 Å². The fourth-order valence-corrected chi connectivity index (χ4v) is 2.12. The highest BCUT2D eigenvalue weighted by Crippen LogP contribution is 2.18. The maximum atomic E-state index is 11.8. The summed E-state index contributed by atoms with van der Waals surface area (Å²) in [7, 11) is 0. The van der Waals surface area contributed by atoms with Crippen molar-refractivity contribution in [2.75, 3.05) is 6.54 Å². The van der Waals surface area contributed by atoms with Gasteiger partial charge in [0.1, 0.15) is 6.10 Å². The van der Waals surface area contributed by atoms with Gasteiger partial charge in [-0.25, -0.2) is 4.79 Å². The largest absolute Gasteiger partial charge is 0.443 e. The molecule has 0 saturated carbocycles. The summed E-state index contributed by atoms with van der Waals surface area (Å²) < 4.78 is 5.26. The fourth-order valence-electron chi connectivity index (χ4n) is 2.12. The highest BCUT2D eigenvalue weighted by molar-refractivity contribution is 5.68. The summed E-state index contributed by atoms with van der Waals surface area (Å²) >= 11 is 0. The molecule has 1 fully saturated rings. The molecule has 0 unspecified atom stereocenters. The van der Waals surface area contributed by atoms with Crippen molar-refractivity contribution in [3.8, 4) is 0 Å². The zero-order valence-corrected chi connectivity index (χ0v) is 10.6. The molecule has 0 bridgehead atoms. The second-order valence-corrected chi connectivity index (χ2v) is 4.59. The van der Waals surface area contributed by atoms with Crippen molar-refractivity contribution < 1.29 is 14.6 Å². The molecule has 0 spiro atoms. The maximum absolute atomic E-state index is 11.8. The molecule has 4 heteroatoms. The Labute approximate surface area is 107 Å². The number of carbonyl (C=O) groups is 1. The van der Waals surface area contributed by atoms with Crippen molar-refractivity contribution in [2.24, 2.45) is 0 Å². The van der Waals surface area contributed by atoms with E-state index in [1.54, 1.807) is 4.90 Å². The Balaban J connectivity index is 1.92. The minimum atomic E-state index is -0.548. The third kappa shape index (κ3) is 3.01. The number of amides is 1. The number of ether oxygens (including phenoxy) is 1. The molecule has 2 atom stereocenters. The van der Waals surface area contributed by atoms with Crippen molar-refractivity contribution in [1.82, 2.24) is 4.90 Å². The smallest absolute Gasteiger partial charge is 0.410 e.